The highest BCUT2D eigenvalue weighted by molar-refractivity contribution is 6.19. The summed E-state index contributed by atoms with van der Waals surface area (Å²) in [5, 5.41) is 9.01. The maximum atomic E-state index is 12.8. The van der Waals surface area contributed by atoms with Crippen LogP contribution in [0.15, 0.2) is 54.6 Å². The van der Waals surface area contributed by atoms with Gasteiger partial charge in [-0.3, -0.25) is 4.79 Å². The van der Waals surface area contributed by atoms with E-state index in [0.29, 0.717) is 11.3 Å². The van der Waals surface area contributed by atoms with Crippen LogP contribution < -0.4 is 4.90 Å². The lowest BCUT2D eigenvalue weighted by atomic mass is 10.0. The second-order valence-electron chi connectivity index (χ2n) is 5.64. The Labute approximate surface area is 140 Å². The van der Waals surface area contributed by atoms with Gasteiger partial charge in [-0.2, -0.15) is 5.26 Å². The molecule has 0 unspecified atom stereocenters. The minimum absolute atomic E-state index is 0.0447. The normalized spacial score (nSPS) is 15.5. The summed E-state index contributed by atoms with van der Waals surface area (Å²) in [5.74, 6) is -0.274. The topological polar surface area (TPSA) is 64.4 Å². The molecule has 24 heavy (non-hydrogen) atoms. The molecular weight excluding hydrogens is 302 g/mol. The highest BCUT2D eigenvalue weighted by atomic mass is 16.2. The summed E-state index contributed by atoms with van der Waals surface area (Å²) >= 11 is 0. The molecule has 120 valence electrons. The Kier molecular flexibility index (Phi) is 4.30. The quantitative estimate of drug-likeness (QED) is 0.810. The first-order valence-corrected chi connectivity index (χ1v) is 7.84. The molecule has 0 radical (unpaired) electrons. The van der Waals surface area contributed by atoms with Gasteiger partial charge in [0.25, 0.3) is 5.91 Å². The standard InChI is InChI=1S/C19H17N3O2/c1-2-17(15-8-4-3-5-9-15)21-13-18(23)22(19(21)24)16-10-6-7-14(11-16)12-20/h3-11,17H,2,13H2,1H3/t17-/m0/s1. The third kappa shape index (κ3) is 2.74. The lowest BCUT2D eigenvalue weighted by molar-refractivity contribution is -0.116. The van der Waals surface area contributed by atoms with Crippen LogP contribution in [-0.4, -0.2) is 23.4 Å². The predicted octanol–water partition coefficient (Wildman–Crippen LogP) is 3.48. The molecule has 0 saturated carbocycles. The van der Waals surface area contributed by atoms with Gasteiger partial charge in [-0.1, -0.05) is 43.3 Å². The van der Waals surface area contributed by atoms with Gasteiger partial charge >= 0.3 is 6.03 Å². The summed E-state index contributed by atoms with van der Waals surface area (Å²) in [7, 11) is 0. The third-order valence-corrected chi connectivity index (χ3v) is 4.17. The Morgan fingerprint density at radius 3 is 2.54 bits per heavy atom. The largest absolute Gasteiger partial charge is 0.332 e. The summed E-state index contributed by atoms with van der Waals surface area (Å²) in [4.78, 5) is 28.0. The van der Waals surface area contributed by atoms with E-state index in [4.69, 9.17) is 5.26 Å². The van der Waals surface area contributed by atoms with Crippen molar-refractivity contribution in [2.75, 3.05) is 11.4 Å². The zero-order valence-electron chi connectivity index (χ0n) is 13.3. The summed E-state index contributed by atoms with van der Waals surface area (Å²) in [6, 6.07) is 17.8. The molecule has 1 aliphatic rings. The monoisotopic (exact) mass is 319 g/mol. The fraction of sp³-hybridized carbons (Fsp3) is 0.211. The van der Waals surface area contributed by atoms with E-state index in [2.05, 4.69) is 0 Å². The molecule has 1 atom stereocenters. The van der Waals surface area contributed by atoms with E-state index < -0.39 is 0 Å². The van der Waals surface area contributed by atoms with Gasteiger partial charge < -0.3 is 4.90 Å². The molecule has 1 aliphatic heterocycles. The van der Waals surface area contributed by atoms with Crippen molar-refractivity contribution in [1.82, 2.24) is 4.90 Å². The Balaban J connectivity index is 1.92. The summed E-state index contributed by atoms with van der Waals surface area (Å²) in [6.45, 7) is 2.04. The Bertz CT molecular complexity index is 811. The number of urea groups is 1. The first-order chi connectivity index (χ1) is 11.7. The first kappa shape index (κ1) is 15.8. The van der Waals surface area contributed by atoms with Crippen molar-refractivity contribution in [2.45, 2.75) is 19.4 Å². The molecule has 0 N–H and O–H groups in total. The van der Waals surface area contributed by atoms with Crippen molar-refractivity contribution in [2.24, 2.45) is 0 Å². The highest BCUT2D eigenvalue weighted by Gasteiger charge is 2.40. The minimum Gasteiger partial charge on any atom is -0.308 e. The van der Waals surface area contributed by atoms with E-state index in [1.54, 1.807) is 29.2 Å². The van der Waals surface area contributed by atoms with E-state index in [1.807, 2.05) is 43.3 Å². The molecule has 2 aromatic rings. The van der Waals surface area contributed by atoms with Gasteiger partial charge in [0.1, 0.15) is 6.54 Å². The Morgan fingerprint density at radius 2 is 1.88 bits per heavy atom. The van der Waals surface area contributed by atoms with Gasteiger partial charge in [0.15, 0.2) is 0 Å². The number of hydrogen-bond acceptors (Lipinski definition) is 3. The van der Waals surface area contributed by atoms with Crippen molar-refractivity contribution < 1.29 is 9.59 Å². The summed E-state index contributed by atoms with van der Waals surface area (Å²) < 4.78 is 0. The van der Waals surface area contributed by atoms with Gasteiger partial charge in [0.05, 0.1) is 23.4 Å². The number of carbonyl (C=O) groups excluding carboxylic acids is 2. The number of benzene rings is 2. The summed E-state index contributed by atoms with van der Waals surface area (Å²) in [6.07, 6.45) is 0.717. The van der Waals surface area contributed by atoms with Gasteiger partial charge in [-0.25, -0.2) is 9.69 Å². The number of amides is 3. The molecule has 0 spiro atoms. The van der Waals surface area contributed by atoms with Crippen molar-refractivity contribution in [3.05, 3.63) is 65.7 Å². The van der Waals surface area contributed by atoms with Crippen LogP contribution in [-0.2, 0) is 4.79 Å². The molecular formula is C19H17N3O2. The third-order valence-electron chi connectivity index (χ3n) is 4.17. The lowest BCUT2D eigenvalue weighted by Crippen LogP contribution is -2.35. The van der Waals surface area contributed by atoms with Crippen LogP contribution in [0.4, 0.5) is 10.5 Å². The fourth-order valence-electron chi connectivity index (χ4n) is 3.04. The van der Waals surface area contributed by atoms with Crippen molar-refractivity contribution >= 4 is 17.6 Å². The van der Waals surface area contributed by atoms with E-state index >= 15 is 0 Å². The van der Waals surface area contributed by atoms with Gasteiger partial charge in [0, 0.05) is 0 Å². The average Bonchev–Trinajstić information content (AvgIpc) is 2.91. The van der Waals surface area contributed by atoms with Crippen LogP contribution in [0.25, 0.3) is 0 Å². The van der Waals surface area contributed by atoms with Gasteiger partial charge in [-0.15, -0.1) is 0 Å². The lowest BCUT2D eigenvalue weighted by Gasteiger charge is -2.26. The number of nitriles is 1. The molecule has 1 fully saturated rings. The highest BCUT2D eigenvalue weighted by Crippen LogP contribution is 2.31. The van der Waals surface area contributed by atoms with Crippen molar-refractivity contribution in [3.8, 4) is 6.07 Å². The Hall–Kier alpha value is -3.13. The number of carbonyl (C=O) groups is 2. The van der Waals surface area contributed by atoms with E-state index in [9.17, 15) is 9.59 Å². The molecule has 0 aromatic heterocycles. The molecule has 3 rings (SSSR count). The van der Waals surface area contributed by atoms with E-state index in [1.165, 1.54) is 0 Å². The van der Waals surface area contributed by atoms with E-state index in [-0.39, 0.29) is 24.5 Å². The number of hydrogen-bond donors (Lipinski definition) is 0. The molecule has 1 saturated heterocycles. The van der Waals surface area contributed by atoms with Gasteiger partial charge in [-0.05, 0) is 30.2 Å². The summed E-state index contributed by atoms with van der Waals surface area (Å²) in [5.41, 5.74) is 1.87. The second-order valence-corrected chi connectivity index (χ2v) is 5.64. The Morgan fingerprint density at radius 1 is 1.12 bits per heavy atom. The number of anilines is 1. The predicted molar refractivity (Wildman–Crippen MR) is 90.2 cm³/mol. The van der Waals surface area contributed by atoms with Crippen molar-refractivity contribution in [1.29, 1.82) is 5.26 Å². The zero-order valence-corrected chi connectivity index (χ0v) is 13.3. The smallest absolute Gasteiger partial charge is 0.308 e. The molecule has 5 nitrogen and oxygen atoms in total. The number of imide groups is 1. The molecule has 3 amide bonds. The molecule has 2 aromatic carbocycles. The van der Waals surface area contributed by atoms with Gasteiger partial charge in [0.2, 0.25) is 0 Å². The first-order valence-electron chi connectivity index (χ1n) is 7.84. The maximum Gasteiger partial charge on any atom is 0.332 e. The number of rotatable bonds is 4. The molecule has 0 aliphatic carbocycles. The zero-order chi connectivity index (χ0) is 17.1. The molecule has 5 heteroatoms. The van der Waals surface area contributed by atoms with Crippen LogP contribution in [0.5, 0.6) is 0 Å². The van der Waals surface area contributed by atoms with Crippen LogP contribution in [0.2, 0.25) is 0 Å². The van der Waals surface area contributed by atoms with Crippen molar-refractivity contribution in [3.63, 3.8) is 0 Å². The maximum absolute atomic E-state index is 12.8. The second kappa shape index (κ2) is 6.55. The van der Waals surface area contributed by atoms with Crippen LogP contribution in [0, 0.1) is 11.3 Å². The molecule has 0 bridgehead atoms. The number of nitrogens with zero attached hydrogens (tertiary/aromatic N) is 3. The average molecular weight is 319 g/mol. The van der Waals surface area contributed by atoms with Crippen LogP contribution >= 0.6 is 0 Å². The fourth-order valence-corrected chi connectivity index (χ4v) is 3.04. The van der Waals surface area contributed by atoms with Crippen LogP contribution in [0.3, 0.4) is 0 Å². The van der Waals surface area contributed by atoms with E-state index in [0.717, 1.165) is 16.9 Å². The SMILES string of the molecule is CC[C@@H](c1ccccc1)N1CC(=O)N(c2cccc(C#N)c2)C1=O. The minimum atomic E-state index is -0.342. The van der Waals surface area contributed by atoms with Crippen LogP contribution in [0.1, 0.15) is 30.5 Å². The molecule has 1 heterocycles.